The summed E-state index contributed by atoms with van der Waals surface area (Å²) in [6, 6.07) is 27.4. The van der Waals surface area contributed by atoms with Gasteiger partial charge in [-0.05, 0) is 61.3 Å². The van der Waals surface area contributed by atoms with E-state index in [4.69, 9.17) is 16.1 Å². The van der Waals surface area contributed by atoms with Gasteiger partial charge in [-0.2, -0.15) is 4.98 Å². The smallest absolute Gasteiger partial charge is 0.241 e. The fourth-order valence-electron chi connectivity index (χ4n) is 4.49. The molecule has 0 spiro atoms. The number of piperidine rings is 1. The van der Waals surface area contributed by atoms with Gasteiger partial charge in [0.2, 0.25) is 17.6 Å². The lowest BCUT2D eigenvalue weighted by Gasteiger charge is -2.31. The highest BCUT2D eigenvalue weighted by atomic mass is 35.5. The summed E-state index contributed by atoms with van der Waals surface area (Å²) in [5, 5.41) is 8.07. The quantitative estimate of drug-likeness (QED) is 0.373. The van der Waals surface area contributed by atoms with Crippen LogP contribution in [0.5, 0.6) is 0 Å². The van der Waals surface area contributed by atoms with Gasteiger partial charge in [-0.25, -0.2) is 0 Å². The molecule has 4 aromatic rings. The summed E-state index contributed by atoms with van der Waals surface area (Å²) in [6.07, 6.45) is 1.58. The summed E-state index contributed by atoms with van der Waals surface area (Å²) < 4.78 is 5.46. The van der Waals surface area contributed by atoms with Crippen LogP contribution in [0.15, 0.2) is 89.5 Å². The molecule has 0 unspecified atom stereocenters. The topological polar surface area (TPSA) is 71.3 Å². The third-order valence-corrected chi connectivity index (χ3v) is 6.69. The highest BCUT2D eigenvalue weighted by Crippen LogP contribution is 2.25. The second-order valence-electron chi connectivity index (χ2n) is 8.83. The van der Waals surface area contributed by atoms with E-state index in [1.165, 1.54) is 0 Å². The Morgan fingerprint density at radius 2 is 1.54 bits per heavy atom. The molecule has 1 amide bonds. The molecule has 0 saturated carbocycles. The predicted molar refractivity (Wildman–Crippen MR) is 136 cm³/mol. The van der Waals surface area contributed by atoms with E-state index in [0.717, 1.165) is 42.6 Å². The van der Waals surface area contributed by atoms with Crippen molar-refractivity contribution in [1.82, 2.24) is 20.4 Å². The number of nitrogens with one attached hydrogen (secondary N) is 1. The molecule has 2 heterocycles. The fourth-order valence-corrected chi connectivity index (χ4v) is 4.62. The van der Waals surface area contributed by atoms with Crippen LogP contribution in [0.2, 0.25) is 5.02 Å². The summed E-state index contributed by atoms with van der Waals surface area (Å²) in [4.78, 5) is 20.0. The number of nitrogens with zero attached hydrogens (tertiary/aromatic N) is 3. The first-order valence-electron chi connectivity index (χ1n) is 11.9. The predicted octanol–water partition coefficient (Wildman–Crippen LogP) is 5.51. The number of aromatic nitrogens is 2. The average Bonchev–Trinajstić information content (AvgIpc) is 3.37. The Hall–Kier alpha value is -3.48. The molecule has 1 saturated heterocycles. The second kappa shape index (κ2) is 10.8. The van der Waals surface area contributed by atoms with Crippen LogP contribution in [0.4, 0.5) is 0 Å². The summed E-state index contributed by atoms with van der Waals surface area (Å²) >= 11 is 5.96. The largest absolute Gasteiger partial charge is 0.345 e. The van der Waals surface area contributed by atoms with Crippen LogP contribution in [-0.4, -0.2) is 34.0 Å². The minimum atomic E-state index is -0.160. The third-order valence-electron chi connectivity index (χ3n) is 6.44. The van der Waals surface area contributed by atoms with Gasteiger partial charge in [0.15, 0.2) is 0 Å². The van der Waals surface area contributed by atoms with E-state index in [0.29, 0.717) is 23.3 Å². The lowest BCUT2D eigenvalue weighted by Crippen LogP contribution is -2.41. The molecule has 5 rings (SSSR count). The number of halogens is 1. The summed E-state index contributed by atoms with van der Waals surface area (Å²) in [6.45, 7) is 2.18. The molecular weight excluding hydrogens is 460 g/mol. The molecule has 178 valence electrons. The Kier molecular flexibility index (Phi) is 7.21. The number of amides is 1. The molecule has 3 aromatic carbocycles. The number of carbonyl (C=O) groups is 1. The van der Waals surface area contributed by atoms with E-state index in [9.17, 15) is 4.79 Å². The molecule has 1 fully saturated rings. The molecule has 1 aliphatic rings. The number of benzene rings is 3. The van der Waals surface area contributed by atoms with Gasteiger partial charge in [0, 0.05) is 16.5 Å². The van der Waals surface area contributed by atoms with Gasteiger partial charge in [0.25, 0.3) is 0 Å². The van der Waals surface area contributed by atoms with Crippen molar-refractivity contribution in [2.24, 2.45) is 5.92 Å². The highest BCUT2D eigenvalue weighted by Gasteiger charge is 2.28. The van der Waals surface area contributed by atoms with Gasteiger partial charge in [0.05, 0.1) is 12.6 Å². The Balaban J connectivity index is 1.18. The maximum absolute atomic E-state index is 13.2. The lowest BCUT2D eigenvalue weighted by atomic mass is 9.93. The Labute approximate surface area is 209 Å². The zero-order valence-corrected chi connectivity index (χ0v) is 20.1. The second-order valence-corrected chi connectivity index (χ2v) is 9.27. The van der Waals surface area contributed by atoms with Gasteiger partial charge >= 0.3 is 0 Å². The molecule has 1 N–H and O–H groups in total. The molecule has 0 atom stereocenters. The Bertz CT molecular complexity index is 1200. The number of hydrogen-bond acceptors (Lipinski definition) is 5. The first-order valence-corrected chi connectivity index (χ1v) is 12.2. The number of likely N-dealkylation sites (tertiary alicyclic amines) is 1. The van der Waals surface area contributed by atoms with Crippen LogP contribution >= 0.6 is 11.6 Å². The minimum Gasteiger partial charge on any atom is -0.345 e. The maximum atomic E-state index is 13.2. The molecule has 7 heteroatoms. The van der Waals surface area contributed by atoms with E-state index in [-0.39, 0.29) is 17.9 Å². The van der Waals surface area contributed by atoms with Gasteiger partial charge in [0.1, 0.15) is 0 Å². The van der Waals surface area contributed by atoms with E-state index < -0.39 is 0 Å². The van der Waals surface area contributed by atoms with E-state index in [1.54, 1.807) is 0 Å². The molecule has 35 heavy (non-hydrogen) atoms. The monoisotopic (exact) mass is 486 g/mol. The fraction of sp³-hybridized carbons (Fsp3) is 0.250. The summed E-state index contributed by atoms with van der Waals surface area (Å²) in [5.41, 5.74) is 3.03. The number of rotatable bonds is 7. The van der Waals surface area contributed by atoms with Crippen molar-refractivity contribution >= 4 is 17.5 Å². The van der Waals surface area contributed by atoms with Crippen molar-refractivity contribution < 1.29 is 9.32 Å². The molecule has 0 bridgehead atoms. The SMILES string of the molecule is O=C(NC(c1ccccc1)c1ccccc1)C1CCN(Cc2nc(-c3ccc(Cl)cc3)no2)CC1. The Morgan fingerprint density at radius 3 is 2.14 bits per heavy atom. The van der Waals surface area contributed by atoms with E-state index in [1.807, 2.05) is 60.7 Å². The third kappa shape index (κ3) is 5.78. The summed E-state index contributed by atoms with van der Waals surface area (Å²) in [5.74, 6) is 1.21. The van der Waals surface area contributed by atoms with Crippen molar-refractivity contribution in [3.8, 4) is 11.4 Å². The molecule has 6 nitrogen and oxygen atoms in total. The number of carbonyl (C=O) groups excluding carboxylic acids is 1. The highest BCUT2D eigenvalue weighted by molar-refractivity contribution is 6.30. The van der Waals surface area contributed by atoms with Crippen LogP contribution < -0.4 is 5.32 Å². The molecule has 1 aromatic heterocycles. The first-order chi connectivity index (χ1) is 17.2. The van der Waals surface area contributed by atoms with Crippen molar-refractivity contribution in [3.05, 3.63) is 107 Å². The van der Waals surface area contributed by atoms with Crippen molar-refractivity contribution in [3.63, 3.8) is 0 Å². The molecule has 1 aliphatic heterocycles. The van der Waals surface area contributed by atoms with Crippen molar-refractivity contribution in [2.75, 3.05) is 13.1 Å². The van der Waals surface area contributed by atoms with E-state index >= 15 is 0 Å². The van der Waals surface area contributed by atoms with Gasteiger partial charge in [-0.15, -0.1) is 0 Å². The van der Waals surface area contributed by atoms with Crippen LogP contribution in [-0.2, 0) is 11.3 Å². The number of hydrogen-bond donors (Lipinski definition) is 1. The van der Waals surface area contributed by atoms with E-state index in [2.05, 4.69) is 44.6 Å². The average molecular weight is 487 g/mol. The van der Waals surface area contributed by atoms with Crippen LogP contribution in [0.1, 0.15) is 35.9 Å². The van der Waals surface area contributed by atoms with Gasteiger partial charge in [-0.1, -0.05) is 77.4 Å². The normalized spacial score (nSPS) is 14.8. The van der Waals surface area contributed by atoms with Crippen LogP contribution in [0, 0.1) is 5.92 Å². The molecular formula is C28H27ClN4O2. The minimum absolute atomic E-state index is 0.0199. The van der Waals surface area contributed by atoms with Gasteiger partial charge in [-0.3, -0.25) is 9.69 Å². The summed E-state index contributed by atoms with van der Waals surface area (Å²) in [7, 11) is 0. The lowest BCUT2D eigenvalue weighted by molar-refractivity contribution is -0.127. The zero-order valence-electron chi connectivity index (χ0n) is 19.3. The zero-order chi connectivity index (χ0) is 24.0. The van der Waals surface area contributed by atoms with Gasteiger partial charge < -0.3 is 9.84 Å². The van der Waals surface area contributed by atoms with Crippen molar-refractivity contribution in [2.45, 2.75) is 25.4 Å². The first kappa shape index (κ1) is 23.3. The molecule has 0 radical (unpaired) electrons. The Morgan fingerprint density at radius 1 is 0.943 bits per heavy atom. The van der Waals surface area contributed by atoms with Crippen LogP contribution in [0.3, 0.4) is 0 Å². The maximum Gasteiger partial charge on any atom is 0.241 e. The van der Waals surface area contributed by atoms with Crippen molar-refractivity contribution in [1.29, 1.82) is 0 Å². The molecule has 0 aliphatic carbocycles. The standard InChI is InChI=1S/C28H27ClN4O2/c29-24-13-11-22(12-14-24)27-30-25(35-32-27)19-33-17-15-23(16-18-33)28(34)31-26(20-7-3-1-4-8-20)21-9-5-2-6-10-21/h1-14,23,26H,15-19H2,(H,31,34). The van der Waals surface area contributed by atoms with Crippen LogP contribution in [0.25, 0.3) is 11.4 Å².